The quantitative estimate of drug-likeness (QED) is 0.461. The highest BCUT2D eigenvalue weighted by Gasteiger charge is 2.32. The number of anilines is 1. The number of carbonyl (C=O) groups is 2. The Bertz CT molecular complexity index is 910. The summed E-state index contributed by atoms with van der Waals surface area (Å²) in [5.41, 5.74) is 1.18. The number of carbonyl (C=O) groups excluding carboxylic acids is 2. The van der Waals surface area contributed by atoms with Crippen molar-refractivity contribution in [2.45, 2.75) is 32.9 Å². The van der Waals surface area contributed by atoms with Gasteiger partial charge >= 0.3 is 11.8 Å². The van der Waals surface area contributed by atoms with E-state index in [1.807, 2.05) is 25.1 Å². The van der Waals surface area contributed by atoms with Crippen LogP contribution >= 0.6 is 11.3 Å². The molecule has 1 aromatic carbocycles. The molecule has 0 bridgehead atoms. The number of ether oxygens (including phenoxy) is 1. The summed E-state index contributed by atoms with van der Waals surface area (Å²) in [5, 5.41) is 7.77. The molecule has 2 amide bonds. The van der Waals surface area contributed by atoms with Gasteiger partial charge in [0.25, 0.3) is 0 Å². The van der Waals surface area contributed by atoms with Crippen LogP contribution in [0.15, 0.2) is 41.8 Å². The number of thiophene rings is 1. The normalized spacial score (nSPS) is 16.1. The molecule has 2 atom stereocenters. The maximum absolute atomic E-state index is 12.6. The van der Waals surface area contributed by atoms with E-state index in [1.54, 1.807) is 18.4 Å². The van der Waals surface area contributed by atoms with Crippen molar-refractivity contribution in [3.8, 4) is 5.75 Å². The molecule has 0 unspecified atom stereocenters. The van der Waals surface area contributed by atoms with Gasteiger partial charge in [-0.05, 0) is 55.7 Å². The lowest BCUT2D eigenvalue weighted by atomic mass is 10.0. The molecule has 2 heterocycles. The third-order valence-corrected chi connectivity index (χ3v) is 7.57. The van der Waals surface area contributed by atoms with Crippen molar-refractivity contribution in [1.29, 1.82) is 0 Å². The molecule has 3 rings (SSSR count). The molecule has 1 aliphatic heterocycles. The van der Waals surface area contributed by atoms with Gasteiger partial charge in [0.15, 0.2) is 0 Å². The van der Waals surface area contributed by atoms with E-state index in [4.69, 9.17) is 4.74 Å². The Balaban J connectivity index is 1.58. The van der Waals surface area contributed by atoms with Gasteiger partial charge in [0, 0.05) is 55.9 Å². The Hall–Kier alpha value is -2.62. The number of nitrogens with zero attached hydrogens (tertiary/aromatic N) is 3. The molecule has 1 fully saturated rings. The third-order valence-electron chi connectivity index (χ3n) is 6.63. The maximum Gasteiger partial charge on any atom is 0.309 e. The monoisotopic (exact) mass is 501 g/mol. The lowest BCUT2D eigenvalue weighted by molar-refractivity contribution is -0.139. The first-order valence-electron chi connectivity index (χ1n) is 12.4. The van der Waals surface area contributed by atoms with Gasteiger partial charge < -0.3 is 25.2 Å². The summed E-state index contributed by atoms with van der Waals surface area (Å²) in [5.74, 6) is -0.291. The summed E-state index contributed by atoms with van der Waals surface area (Å²) in [6.45, 7) is 12.7. The van der Waals surface area contributed by atoms with Gasteiger partial charge in [0.1, 0.15) is 5.75 Å². The number of amides is 2. The van der Waals surface area contributed by atoms with Gasteiger partial charge in [-0.15, -0.1) is 11.3 Å². The number of likely N-dealkylation sites (N-methyl/N-ethyl adjacent to an activating group) is 1. The van der Waals surface area contributed by atoms with Crippen LogP contribution in [0.3, 0.4) is 0 Å². The second-order valence-corrected chi connectivity index (χ2v) is 9.71. The van der Waals surface area contributed by atoms with Gasteiger partial charge in [-0.25, -0.2) is 0 Å². The van der Waals surface area contributed by atoms with Gasteiger partial charge in [-0.1, -0.05) is 19.9 Å². The van der Waals surface area contributed by atoms with E-state index in [-0.39, 0.29) is 12.1 Å². The summed E-state index contributed by atoms with van der Waals surface area (Å²) in [6, 6.07) is 12.1. The molecule has 9 heteroatoms. The Kier molecular flexibility index (Phi) is 10.4. The zero-order chi connectivity index (χ0) is 25.2. The van der Waals surface area contributed by atoms with Gasteiger partial charge in [-0.2, -0.15) is 0 Å². The van der Waals surface area contributed by atoms with Crippen LogP contribution in [-0.4, -0.2) is 87.1 Å². The van der Waals surface area contributed by atoms with Crippen LogP contribution in [0, 0.1) is 0 Å². The Morgan fingerprint density at radius 2 is 1.74 bits per heavy atom. The van der Waals surface area contributed by atoms with Crippen molar-refractivity contribution < 1.29 is 14.3 Å². The van der Waals surface area contributed by atoms with E-state index in [0.29, 0.717) is 6.54 Å². The fourth-order valence-electron chi connectivity index (χ4n) is 4.55. The predicted molar refractivity (Wildman–Crippen MR) is 142 cm³/mol. The van der Waals surface area contributed by atoms with Gasteiger partial charge in [-0.3, -0.25) is 14.5 Å². The standard InChI is InChI=1S/C26H39N5O3S/c1-5-29(6-2)14-13-27-25(32)26(33)28-20(3)24(23-8-7-19-35-23)31-17-15-30(16-18-31)21-9-11-22(34-4)12-10-21/h7-12,19-20,24H,5-6,13-18H2,1-4H3,(H,27,32)(H,28,33)/t20-,24-/m1/s1. The maximum atomic E-state index is 12.6. The first-order chi connectivity index (χ1) is 17.0. The van der Waals surface area contributed by atoms with Crippen molar-refractivity contribution in [1.82, 2.24) is 20.4 Å². The Morgan fingerprint density at radius 3 is 2.31 bits per heavy atom. The van der Waals surface area contributed by atoms with Crippen molar-refractivity contribution in [2.75, 3.05) is 64.4 Å². The van der Waals surface area contributed by atoms with Crippen molar-refractivity contribution >= 4 is 28.8 Å². The molecule has 0 saturated carbocycles. The van der Waals surface area contributed by atoms with E-state index >= 15 is 0 Å². The molecular weight excluding hydrogens is 462 g/mol. The lowest BCUT2D eigenvalue weighted by Gasteiger charge is -2.42. The summed E-state index contributed by atoms with van der Waals surface area (Å²) < 4.78 is 5.27. The zero-order valence-corrected chi connectivity index (χ0v) is 22.1. The minimum Gasteiger partial charge on any atom is -0.497 e. The van der Waals surface area contributed by atoms with Gasteiger partial charge in [0.2, 0.25) is 0 Å². The minimum atomic E-state index is -0.574. The Morgan fingerprint density at radius 1 is 1.06 bits per heavy atom. The van der Waals surface area contributed by atoms with Crippen LogP contribution in [-0.2, 0) is 9.59 Å². The predicted octanol–water partition coefficient (Wildman–Crippen LogP) is 2.58. The molecule has 8 nitrogen and oxygen atoms in total. The molecule has 35 heavy (non-hydrogen) atoms. The molecule has 2 N–H and O–H groups in total. The summed E-state index contributed by atoms with van der Waals surface area (Å²) >= 11 is 1.69. The highest BCUT2D eigenvalue weighted by Crippen LogP contribution is 2.30. The number of hydrogen-bond acceptors (Lipinski definition) is 7. The van der Waals surface area contributed by atoms with Crippen LogP contribution in [0.2, 0.25) is 0 Å². The van der Waals surface area contributed by atoms with Crippen LogP contribution in [0.5, 0.6) is 5.75 Å². The fraction of sp³-hybridized carbons (Fsp3) is 0.538. The van der Waals surface area contributed by atoms with Crippen molar-refractivity contribution in [2.24, 2.45) is 0 Å². The summed E-state index contributed by atoms with van der Waals surface area (Å²) in [7, 11) is 1.67. The molecule has 1 aliphatic rings. The largest absolute Gasteiger partial charge is 0.497 e. The third kappa shape index (κ3) is 7.43. The van der Waals surface area contributed by atoms with Crippen LogP contribution in [0.1, 0.15) is 31.7 Å². The zero-order valence-electron chi connectivity index (χ0n) is 21.3. The molecule has 0 aliphatic carbocycles. The average Bonchev–Trinajstić information content (AvgIpc) is 3.41. The SMILES string of the molecule is CCN(CC)CCNC(=O)C(=O)N[C@H](C)[C@H](c1cccs1)N1CCN(c2ccc(OC)cc2)CC1. The van der Waals surface area contributed by atoms with E-state index < -0.39 is 11.8 Å². The van der Waals surface area contributed by atoms with Crippen LogP contribution in [0.25, 0.3) is 0 Å². The van der Waals surface area contributed by atoms with Gasteiger partial charge in [0.05, 0.1) is 13.2 Å². The molecule has 2 aromatic rings. The number of rotatable bonds is 11. The number of piperazine rings is 1. The second-order valence-electron chi connectivity index (χ2n) is 8.73. The number of benzene rings is 1. The molecule has 0 spiro atoms. The second kappa shape index (κ2) is 13.5. The Labute approximate surface area is 213 Å². The van der Waals surface area contributed by atoms with E-state index in [0.717, 1.165) is 51.6 Å². The fourth-order valence-corrected chi connectivity index (χ4v) is 5.52. The number of nitrogens with one attached hydrogen (secondary N) is 2. The number of methoxy groups -OCH3 is 1. The van der Waals surface area contributed by atoms with E-state index in [9.17, 15) is 9.59 Å². The molecular formula is C26H39N5O3S. The minimum absolute atomic E-state index is 0.0143. The molecule has 192 valence electrons. The first kappa shape index (κ1) is 27.0. The van der Waals surface area contributed by atoms with Crippen LogP contribution in [0.4, 0.5) is 5.69 Å². The van der Waals surface area contributed by atoms with Crippen molar-refractivity contribution in [3.63, 3.8) is 0 Å². The highest BCUT2D eigenvalue weighted by molar-refractivity contribution is 7.10. The van der Waals surface area contributed by atoms with Crippen LogP contribution < -0.4 is 20.3 Å². The van der Waals surface area contributed by atoms with Crippen molar-refractivity contribution in [3.05, 3.63) is 46.7 Å². The highest BCUT2D eigenvalue weighted by atomic mass is 32.1. The lowest BCUT2D eigenvalue weighted by Crippen LogP contribution is -2.54. The van der Waals surface area contributed by atoms with E-state index in [2.05, 4.69) is 62.8 Å². The number of hydrogen-bond donors (Lipinski definition) is 2. The topological polar surface area (TPSA) is 77.2 Å². The molecule has 1 saturated heterocycles. The summed E-state index contributed by atoms with van der Waals surface area (Å²) in [6.07, 6.45) is 0. The first-order valence-corrected chi connectivity index (χ1v) is 13.3. The molecule has 0 radical (unpaired) electrons. The average molecular weight is 502 g/mol. The summed E-state index contributed by atoms with van der Waals surface area (Å²) in [4.78, 5) is 33.2. The van der Waals surface area contributed by atoms with E-state index in [1.165, 1.54) is 10.6 Å². The molecule has 1 aromatic heterocycles. The smallest absolute Gasteiger partial charge is 0.309 e.